The van der Waals surface area contributed by atoms with Crippen molar-refractivity contribution in [2.45, 2.75) is 13.5 Å². The van der Waals surface area contributed by atoms with E-state index in [0.717, 1.165) is 29.9 Å². The minimum absolute atomic E-state index is 0.0427. The minimum Gasteiger partial charge on any atom is -0.324 e. The maximum absolute atomic E-state index is 12.6. The van der Waals surface area contributed by atoms with Gasteiger partial charge in [0.25, 0.3) is 5.91 Å². The highest BCUT2D eigenvalue weighted by molar-refractivity contribution is 5.96. The lowest BCUT2D eigenvalue weighted by molar-refractivity contribution is -0.903. The zero-order chi connectivity index (χ0) is 18.2. The predicted octanol–water partition coefficient (Wildman–Crippen LogP) is 3.40. The van der Waals surface area contributed by atoms with Crippen molar-refractivity contribution in [3.8, 4) is 11.1 Å². The van der Waals surface area contributed by atoms with Crippen LogP contribution in [0.5, 0.6) is 0 Å². The molecule has 1 atom stereocenters. The lowest BCUT2D eigenvalue weighted by atomic mass is 10.0. The fourth-order valence-electron chi connectivity index (χ4n) is 3.08. The molecule has 0 radical (unpaired) electrons. The first-order chi connectivity index (χ1) is 12.8. The molecule has 0 aromatic heterocycles. The highest BCUT2D eigenvalue weighted by Crippen LogP contribution is 2.27. The maximum atomic E-state index is 12.6. The van der Waals surface area contributed by atoms with Crippen LogP contribution in [0.15, 0.2) is 84.9 Å². The Morgan fingerprint density at radius 2 is 1.46 bits per heavy atom. The summed E-state index contributed by atoms with van der Waals surface area (Å²) in [6, 6.07) is 28.4. The van der Waals surface area contributed by atoms with Gasteiger partial charge in [0.2, 0.25) is 0 Å². The van der Waals surface area contributed by atoms with Gasteiger partial charge in [-0.1, -0.05) is 78.9 Å². The molecule has 0 aliphatic carbocycles. The Morgan fingerprint density at radius 3 is 2.15 bits per heavy atom. The molecule has 0 bridgehead atoms. The Kier molecular flexibility index (Phi) is 6.18. The zero-order valence-corrected chi connectivity index (χ0v) is 15.1. The first kappa shape index (κ1) is 17.9. The number of nitrogens with one attached hydrogen (secondary N) is 2. The molecule has 3 nitrogen and oxygen atoms in total. The quantitative estimate of drug-likeness (QED) is 0.676. The summed E-state index contributed by atoms with van der Waals surface area (Å²) in [5.41, 5.74) is 4.26. The Bertz CT molecular complexity index is 831. The van der Waals surface area contributed by atoms with Crippen molar-refractivity contribution >= 4 is 11.6 Å². The van der Waals surface area contributed by atoms with Gasteiger partial charge in [-0.25, -0.2) is 0 Å². The normalized spacial score (nSPS) is 11.7. The summed E-state index contributed by atoms with van der Waals surface area (Å²) in [6.07, 6.45) is 0. The van der Waals surface area contributed by atoms with Gasteiger partial charge in [-0.3, -0.25) is 4.79 Å². The van der Waals surface area contributed by atoms with Crippen molar-refractivity contribution < 1.29 is 9.69 Å². The molecule has 3 aromatic carbocycles. The van der Waals surface area contributed by atoms with Crippen LogP contribution in [0.3, 0.4) is 0 Å². The van der Waals surface area contributed by atoms with Crippen LogP contribution in [0, 0.1) is 0 Å². The summed E-state index contributed by atoms with van der Waals surface area (Å²) in [5, 5.41) is 3.10. The molecular formula is C23H25N2O+. The molecule has 26 heavy (non-hydrogen) atoms. The van der Waals surface area contributed by atoms with Crippen molar-refractivity contribution in [3.63, 3.8) is 0 Å². The number of amides is 1. The summed E-state index contributed by atoms with van der Waals surface area (Å²) in [4.78, 5) is 13.9. The van der Waals surface area contributed by atoms with E-state index in [-0.39, 0.29) is 5.91 Å². The monoisotopic (exact) mass is 345 g/mol. The number of para-hydroxylation sites is 1. The van der Waals surface area contributed by atoms with Crippen LogP contribution >= 0.6 is 0 Å². The third-order valence-corrected chi connectivity index (χ3v) is 4.49. The molecule has 2 N–H and O–H groups in total. The van der Waals surface area contributed by atoms with E-state index in [9.17, 15) is 4.79 Å². The van der Waals surface area contributed by atoms with Crippen molar-refractivity contribution in [1.82, 2.24) is 0 Å². The Morgan fingerprint density at radius 1 is 0.846 bits per heavy atom. The maximum Gasteiger partial charge on any atom is 0.279 e. The number of likely N-dealkylation sites (N-methyl/N-ethyl adjacent to an activating group) is 1. The SMILES string of the molecule is CC[NH+](CC(=O)Nc1ccccc1-c1ccccc1)Cc1ccccc1. The van der Waals surface area contributed by atoms with Gasteiger partial charge < -0.3 is 10.2 Å². The second-order valence-electron chi connectivity index (χ2n) is 6.40. The molecule has 0 aliphatic heterocycles. The molecule has 3 rings (SSSR count). The van der Waals surface area contributed by atoms with E-state index >= 15 is 0 Å². The molecule has 3 heteroatoms. The summed E-state index contributed by atoms with van der Waals surface area (Å²) in [6.45, 7) is 4.33. The van der Waals surface area contributed by atoms with Gasteiger partial charge in [0.15, 0.2) is 6.54 Å². The molecule has 0 aliphatic rings. The molecule has 1 amide bonds. The number of hydrogen-bond donors (Lipinski definition) is 2. The van der Waals surface area contributed by atoms with Crippen molar-refractivity contribution in [2.75, 3.05) is 18.4 Å². The van der Waals surface area contributed by atoms with Crippen molar-refractivity contribution in [1.29, 1.82) is 0 Å². The largest absolute Gasteiger partial charge is 0.324 e. The molecule has 1 unspecified atom stereocenters. The molecule has 0 saturated carbocycles. The van der Waals surface area contributed by atoms with E-state index in [2.05, 4.69) is 36.5 Å². The molecular weight excluding hydrogens is 320 g/mol. The Hall–Kier alpha value is -2.91. The zero-order valence-electron chi connectivity index (χ0n) is 15.1. The number of hydrogen-bond acceptors (Lipinski definition) is 1. The minimum atomic E-state index is 0.0427. The van der Waals surface area contributed by atoms with E-state index < -0.39 is 0 Å². The van der Waals surface area contributed by atoms with Gasteiger partial charge >= 0.3 is 0 Å². The third kappa shape index (κ3) is 4.80. The Labute approximate surface area is 155 Å². The van der Waals surface area contributed by atoms with Crippen molar-refractivity contribution in [2.24, 2.45) is 0 Å². The number of quaternary nitrogens is 1. The van der Waals surface area contributed by atoms with Crippen LogP contribution < -0.4 is 10.2 Å². The van der Waals surface area contributed by atoms with E-state index in [0.29, 0.717) is 6.54 Å². The standard InChI is InChI=1S/C23H24N2O/c1-2-25(17-19-11-5-3-6-12-19)18-23(26)24-22-16-10-9-15-21(22)20-13-7-4-8-14-20/h3-16H,2,17-18H2,1H3,(H,24,26)/p+1. The van der Waals surface area contributed by atoms with Crippen LogP contribution in [-0.4, -0.2) is 19.0 Å². The number of rotatable bonds is 7. The predicted molar refractivity (Wildman–Crippen MR) is 107 cm³/mol. The fourth-order valence-corrected chi connectivity index (χ4v) is 3.08. The number of carbonyl (C=O) groups is 1. The molecule has 0 saturated heterocycles. The van der Waals surface area contributed by atoms with Gasteiger partial charge in [-0.2, -0.15) is 0 Å². The average Bonchev–Trinajstić information content (AvgIpc) is 2.69. The second kappa shape index (κ2) is 8.97. The van der Waals surface area contributed by atoms with Crippen LogP contribution in [0.4, 0.5) is 5.69 Å². The summed E-state index contributed by atoms with van der Waals surface area (Å²) in [5.74, 6) is 0.0427. The van der Waals surface area contributed by atoms with Gasteiger partial charge in [0, 0.05) is 16.8 Å². The number of carbonyl (C=O) groups excluding carboxylic acids is 1. The van der Waals surface area contributed by atoms with E-state index in [1.165, 1.54) is 10.5 Å². The number of benzene rings is 3. The molecule has 0 spiro atoms. The van der Waals surface area contributed by atoms with Crippen molar-refractivity contribution in [3.05, 3.63) is 90.5 Å². The van der Waals surface area contributed by atoms with Crippen LogP contribution in [0.1, 0.15) is 12.5 Å². The smallest absolute Gasteiger partial charge is 0.279 e. The lowest BCUT2D eigenvalue weighted by Gasteiger charge is -2.18. The van der Waals surface area contributed by atoms with E-state index in [4.69, 9.17) is 0 Å². The van der Waals surface area contributed by atoms with E-state index in [1.54, 1.807) is 0 Å². The highest BCUT2D eigenvalue weighted by Gasteiger charge is 2.15. The van der Waals surface area contributed by atoms with Gasteiger partial charge in [0.05, 0.1) is 6.54 Å². The lowest BCUT2D eigenvalue weighted by Crippen LogP contribution is -3.11. The first-order valence-corrected chi connectivity index (χ1v) is 9.08. The molecule has 132 valence electrons. The topological polar surface area (TPSA) is 33.5 Å². The first-order valence-electron chi connectivity index (χ1n) is 9.08. The summed E-state index contributed by atoms with van der Waals surface area (Å²) < 4.78 is 0. The molecule has 0 heterocycles. The van der Waals surface area contributed by atoms with Crippen LogP contribution in [-0.2, 0) is 11.3 Å². The van der Waals surface area contributed by atoms with Gasteiger partial charge in [0.1, 0.15) is 6.54 Å². The van der Waals surface area contributed by atoms with Gasteiger partial charge in [-0.05, 0) is 18.6 Å². The Balaban J connectivity index is 1.68. The van der Waals surface area contributed by atoms with Gasteiger partial charge in [-0.15, -0.1) is 0 Å². The van der Waals surface area contributed by atoms with Crippen LogP contribution in [0.2, 0.25) is 0 Å². The summed E-state index contributed by atoms with van der Waals surface area (Å²) >= 11 is 0. The average molecular weight is 345 g/mol. The molecule has 0 fully saturated rings. The van der Waals surface area contributed by atoms with E-state index in [1.807, 2.05) is 60.7 Å². The number of anilines is 1. The highest BCUT2D eigenvalue weighted by atomic mass is 16.2. The second-order valence-corrected chi connectivity index (χ2v) is 6.40. The fraction of sp³-hybridized carbons (Fsp3) is 0.174. The third-order valence-electron chi connectivity index (χ3n) is 4.49. The molecule has 3 aromatic rings. The summed E-state index contributed by atoms with van der Waals surface area (Å²) in [7, 11) is 0. The van der Waals surface area contributed by atoms with Crippen LogP contribution in [0.25, 0.3) is 11.1 Å².